The fraction of sp³-hybridized carbons (Fsp3) is 0.619. The number of carbonyl (C=O) groups is 1. The van der Waals surface area contributed by atoms with Gasteiger partial charge in [-0.25, -0.2) is 8.89 Å². The minimum absolute atomic E-state index is 0.206. The highest BCUT2D eigenvalue weighted by atomic mass is 32.2. The molecule has 1 amide bonds. The molecule has 1 aromatic rings. The molecule has 0 radical (unpaired) electrons. The number of nitrogens with one attached hydrogen (secondary N) is 2. The van der Waals surface area contributed by atoms with Crippen LogP contribution in [0.5, 0.6) is 0 Å². The van der Waals surface area contributed by atoms with Crippen LogP contribution < -0.4 is 21.5 Å². The summed E-state index contributed by atoms with van der Waals surface area (Å²) in [6.45, 7) is 8.92. The molecular weight excluding hydrogens is 444 g/mol. The minimum atomic E-state index is -1.33. The van der Waals surface area contributed by atoms with E-state index in [-0.39, 0.29) is 12.5 Å². The van der Waals surface area contributed by atoms with E-state index in [0.717, 1.165) is 30.5 Å². The number of hydrogen-bond acceptors (Lipinski definition) is 8. The Labute approximate surface area is 197 Å². The first-order valence-corrected chi connectivity index (χ1v) is 12.4. The van der Waals surface area contributed by atoms with Crippen molar-refractivity contribution in [1.29, 1.82) is 0 Å². The number of nitrogens with zero attached hydrogens (tertiary/aromatic N) is 4. The average molecular weight is 481 g/mol. The monoisotopic (exact) mass is 480 g/mol. The molecule has 11 nitrogen and oxygen atoms in total. The van der Waals surface area contributed by atoms with Crippen LogP contribution >= 0.6 is 0 Å². The first-order valence-electron chi connectivity index (χ1n) is 11.0. The number of allylic oxidation sites excluding steroid dienone is 3. The smallest absolute Gasteiger partial charge is 0.240 e. The van der Waals surface area contributed by atoms with Crippen LogP contribution in [0.25, 0.3) is 0 Å². The van der Waals surface area contributed by atoms with Crippen LogP contribution in [-0.4, -0.2) is 61.4 Å². The Bertz CT molecular complexity index is 875. The van der Waals surface area contributed by atoms with Gasteiger partial charge >= 0.3 is 0 Å². The van der Waals surface area contributed by atoms with Gasteiger partial charge in [-0.05, 0) is 55.5 Å². The summed E-state index contributed by atoms with van der Waals surface area (Å²) in [7, 11) is -1.33. The van der Waals surface area contributed by atoms with Gasteiger partial charge in [-0.2, -0.15) is 0 Å². The summed E-state index contributed by atoms with van der Waals surface area (Å²) in [6.07, 6.45) is 9.75. The first kappa shape index (κ1) is 26.8. The van der Waals surface area contributed by atoms with Crippen molar-refractivity contribution in [2.24, 2.45) is 10.9 Å². The molecule has 2 unspecified atom stereocenters. The number of hydrogen-bond donors (Lipinski definition) is 4. The molecule has 33 heavy (non-hydrogen) atoms. The van der Waals surface area contributed by atoms with Crippen LogP contribution in [0.15, 0.2) is 36.1 Å². The maximum Gasteiger partial charge on any atom is 0.240 e. The first-order chi connectivity index (χ1) is 15.7. The predicted octanol–water partition coefficient (Wildman–Crippen LogP) is 0.367. The van der Waals surface area contributed by atoms with Gasteiger partial charge in [0, 0.05) is 18.8 Å². The lowest BCUT2D eigenvalue weighted by atomic mass is 10.1. The lowest BCUT2D eigenvalue weighted by Gasteiger charge is -2.24. The summed E-state index contributed by atoms with van der Waals surface area (Å²) >= 11 is 0. The molecule has 1 aromatic heterocycles. The molecule has 0 saturated carbocycles. The number of ether oxygens (including phenoxy) is 1. The van der Waals surface area contributed by atoms with Crippen molar-refractivity contribution in [2.75, 3.05) is 25.5 Å². The highest BCUT2D eigenvalue weighted by Gasteiger charge is 2.28. The Hall–Kier alpha value is -2.41. The molecule has 2 atom stereocenters. The summed E-state index contributed by atoms with van der Waals surface area (Å²) in [5, 5.41) is 23.3. The molecule has 12 heteroatoms. The largest absolute Gasteiger partial charge is 0.388 e. The van der Waals surface area contributed by atoms with Crippen LogP contribution in [-0.2, 0) is 27.1 Å². The number of nitrogens with two attached hydrogens (primary N) is 2. The number of aryl methyl sites for hydroxylation is 1. The number of aromatic nitrogens is 4. The van der Waals surface area contributed by atoms with Gasteiger partial charge in [0.15, 0.2) is 5.82 Å². The van der Waals surface area contributed by atoms with Crippen molar-refractivity contribution in [3.05, 3.63) is 41.9 Å². The number of rotatable bonds is 15. The summed E-state index contributed by atoms with van der Waals surface area (Å²) < 4.78 is 18.5. The Balaban J connectivity index is 1.96. The van der Waals surface area contributed by atoms with E-state index in [9.17, 15) is 9.00 Å². The van der Waals surface area contributed by atoms with Crippen molar-refractivity contribution in [2.45, 2.75) is 57.7 Å². The molecule has 0 saturated heterocycles. The molecule has 1 aliphatic rings. The Morgan fingerprint density at radius 3 is 2.88 bits per heavy atom. The topological polar surface area (TPSA) is 163 Å². The van der Waals surface area contributed by atoms with Crippen LogP contribution in [0.1, 0.15) is 51.4 Å². The fourth-order valence-corrected chi connectivity index (χ4v) is 3.38. The van der Waals surface area contributed by atoms with Crippen LogP contribution in [0.3, 0.4) is 0 Å². The lowest BCUT2D eigenvalue weighted by molar-refractivity contribution is -0.126. The van der Waals surface area contributed by atoms with E-state index in [1.165, 1.54) is 0 Å². The third-order valence-corrected chi connectivity index (χ3v) is 5.52. The van der Waals surface area contributed by atoms with Crippen molar-refractivity contribution in [3.8, 4) is 0 Å². The van der Waals surface area contributed by atoms with Gasteiger partial charge in [-0.15, -0.1) is 5.10 Å². The predicted molar refractivity (Wildman–Crippen MR) is 128 cm³/mol. The Kier molecular flexibility index (Phi) is 10.8. The number of amides is 1. The summed E-state index contributed by atoms with van der Waals surface area (Å²) in [5.41, 5.74) is 6.84. The molecule has 6 N–H and O–H groups in total. The van der Waals surface area contributed by atoms with E-state index in [1.54, 1.807) is 18.5 Å². The maximum atomic E-state index is 12.6. The van der Waals surface area contributed by atoms with Gasteiger partial charge in [0.1, 0.15) is 6.04 Å². The maximum absolute atomic E-state index is 12.6. The molecule has 0 aromatic carbocycles. The molecule has 0 bridgehead atoms. The third kappa shape index (κ3) is 9.95. The van der Waals surface area contributed by atoms with Crippen molar-refractivity contribution in [3.63, 3.8) is 0 Å². The highest BCUT2D eigenvalue weighted by molar-refractivity contribution is 7.82. The molecule has 0 spiro atoms. The van der Waals surface area contributed by atoms with Gasteiger partial charge in [-0.1, -0.05) is 24.8 Å². The second-order valence-corrected chi connectivity index (χ2v) is 9.67. The van der Waals surface area contributed by atoms with Crippen LogP contribution in [0, 0.1) is 0 Å². The Morgan fingerprint density at radius 1 is 1.42 bits per heavy atom. The summed E-state index contributed by atoms with van der Waals surface area (Å²) in [5.74, 6) is 0.539. The van der Waals surface area contributed by atoms with Crippen molar-refractivity contribution >= 4 is 16.9 Å². The molecule has 1 heterocycles. The second kappa shape index (κ2) is 13.3. The summed E-state index contributed by atoms with van der Waals surface area (Å²) in [6, 6.07) is -0.552. The minimum Gasteiger partial charge on any atom is -0.388 e. The van der Waals surface area contributed by atoms with Crippen LogP contribution in [0.4, 0.5) is 0 Å². The standard InChI is InChI=1S/C21H36N8O3S/c1-16(24-11-13-33(23)31)8-7-12-29-19(26-27-28-29)18(25-20(30)21(2,3)22)15-32-14-17-9-5-4-6-10-17/h5,9-10,18,24H,1,4,6-8,11-15,22-23H2,2-3H3,(H,25,30). The van der Waals surface area contributed by atoms with Crippen LogP contribution in [0.2, 0.25) is 0 Å². The van der Waals surface area contributed by atoms with E-state index in [1.807, 2.05) is 0 Å². The highest BCUT2D eigenvalue weighted by Crippen LogP contribution is 2.15. The SMILES string of the molecule is C=C(CCCn1nnnc1C(COCC1=CCCC=C1)NC(=O)C(C)(C)N)NCCS(N)=O. The molecule has 2 rings (SSSR count). The van der Waals surface area contributed by atoms with Crippen molar-refractivity contribution < 1.29 is 13.7 Å². The van der Waals surface area contributed by atoms with Gasteiger partial charge in [0.2, 0.25) is 5.91 Å². The van der Waals surface area contributed by atoms with E-state index >= 15 is 0 Å². The lowest BCUT2D eigenvalue weighted by Crippen LogP contribution is -2.51. The molecular formula is C21H36N8O3S. The zero-order valence-corrected chi connectivity index (χ0v) is 20.3. The van der Waals surface area contributed by atoms with Gasteiger partial charge in [0.25, 0.3) is 0 Å². The number of tetrazole rings is 1. The average Bonchev–Trinajstić information content (AvgIpc) is 3.21. The quantitative estimate of drug-likeness (QED) is 0.280. The fourth-order valence-electron chi connectivity index (χ4n) is 3.07. The van der Waals surface area contributed by atoms with E-state index in [0.29, 0.717) is 37.7 Å². The molecule has 1 aliphatic carbocycles. The van der Waals surface area contributed by atoms with Crippen molar-refractivity contribution in [1.82, 2.24) is 30.8 Å². The van der Waals surface area contributed by atoms with Gasteiger partial charge in [-0.3, -0.25) is 9.93 Å². The zero-order valence-electron chi connectivity index (χ0n) is 19.5. The molecule has 184 valence electrons. The van der Waals surface area contributed by atoms with Gasteiger partial charge < -0.3 is 21.1 Å². The normalized spacial score (nSPS) is 15.6. The zero-order chi connectivity index (χ0) is 24.3. The molecule has 0 aliphatic heterocycles. The second-order valence-electron chi connectivity index (χ2n) is 8.50. The van der Waals surface area contributed by atoms with E-state index < -0.39 is 22.6 Å². The van der Waals surface area contributed by atoms with Gasteiger partial charge in [0.05, 0.1) is 35.5 Å². The third-order valence-electron chi connectivity index (χ3n) is 4.91. The van der Waals surface area contributed by atoms with E-state index in [4.69, 9.17) is 15.6 Å². The molecule has 0 fully saturated rings. The number of carbonyl (C=O) groups excluding carboxylic acids is 1. The summed E-state index contributed by atoms with van der Waals surface area (Å²) in [4.78, 5) is 12.6. The Morgan fingerprint density at radius 2 is 2.21 bits per heavy atom. The van der Waals surface area contributed by atoms with E-state index in [2.05, 4.69) is 51.0 Å².